The second kappa shape index (κ2) is 9.34. The van der Waals surface area contributed by atoms with E-state index in [0.717, 1.165) is 23.9 Å². The lowest BCUT2D eigenvalue weighted by Crippen LogP contribution is -2.45. The number of nitrogens with zero attached hydrogens (tertiary/aromatic N) is 1. The van der Waals surface area contributed by atoms with Gasteiger partial charge in [-0.3, -0.25) is 0 Å². The number of halogens is 1. The highest BCUT2D eigenvalue weighted by Gasteiger charge is 2.24. The van der Waals surface area contributed by atoms with E-state index in [1.807, 2.05) is 24.3 Å². The summed E-state index contributed by atoms with van der Waals surface area (Å²) < 4.78 is 19.7. The number of carbonyl (C=O) groups is 1. The molecular weight excluding hydrogens is 399 g/mol. The number of para-hydroxylation sites is 2. The van der Waals surface area contributed by atoms with Gasteiger partial charge in [0.05, 0.1) is 30.3 Å². The van der Waals surface area contributed by atoms with Crippen LogP contribution in [0, 0.1) is 5.82 Å². The van der Waals surface area contributed by atoms with Gasteiger partial charge in [-0.05, 0) is 49.4 Å². The number of aromatic nitrogens is 2. The van der Waals surface area contributed by atoms with Crippen molar-refractivity contribution < 1.29 is 19.0 Å². The van der Waals surface area contributed by atoms with E-state index in [2.05, 4.69) is 20.6 Å². The van der Waals surface area contributed by atoms with Crippen molar-refractivity contribution in [1.29, 1.82) is 0 Å². The third-order valence-electron chi connectivity index (χ3n) is 5.76. The van der Waals surface area contributed by atoms with Crippen molar-refractivity contribution >= 4 is 17.1 Å². The van der Waals surface area contributed by atoms with Gasteiger partial charge in [0.15, 0.2) is 0 Å². The van der Waals surface area contributed by atoms with Crippen molar-refractivity contribution in [3.63, 3.8) is 0 Å². The van der Waals surface area contributed by atoms with Gasteiger partial charge < -0.3 is 25.5 Å². The first-order valence-corrected chi connectivity index (χ1v) is 10.5. The second-order valence-electron chi connectivity index (χ2n) is 7.98. The van der Waals surface area contributed by atoms with Gasteiger partial charge in [0, 0.05) is 18.5 Å². The molecule has 4 rings (SSSR count). The van der Waals surface area contributed by atoms with Gasteiger partial charge in [-0.1, -0.05) is 18.2 Å². The Morgan fingerprint density at radius 1 is 1.26 bits per heavy atom. The molecule has 1 heterocycles. The first kappa shape index (κ1) is 21.1. The van der Waals surface area contributed by atoms with Crippen LogP contribution in [0.4, 0.5) is 9.18 Å². The Bertz CT molecular complexity index is 1010. The van der Waals surface area contributed by atoms with Crippen LogP contribution < -0.4 is 15.4 Å². The van der Waals surface area contributed by atoms with E-state index in [9.17, 15) is 14.3 Å². The first-order valence-electron chi connectivity index (χ1n) is 10.5. The Morgan fingerprint density at radius 3 is 2.74 bits per heavy atom. The minimum atomic E-state index is -0.551. The van der Waals surface area contributed by atoms with Crippen molar-refractivity contribution in [3.8, 4) is 5.75 Å². The summed E-state index contributed by atoms with van der Waals surface area (Å²) in [5.74, 6) is 0.598. The Labute approximate surface area is 180 Å². The fraction of sp³-hybridized carbons (Fsp3) is 0.391. The molecule has 1 unspecified atom stereocenters. The molecule has 4 N–H and O–H groups in total. The number of fused-ring (bicyclic) bond motifs is 1. The van der Waals surface area contributed by atoms with E-state index in [1.54, 1.807) is 12.1 Å². The summed E-state index contributed by atoms with van der Waals surface area (Å²) in [6.07, 6.45) is 2.76. The molecule has 7 nitrogen and oxygen atoms in total. The monoisotopic (exact) mass is 426 g/mol. The number of aliphatic hydroxyl groups is 1. The molecule has 1 saturated carbocycles. The van der Waals surface area contributed by atoms with E-state index >= 15 is 0 Å². The number of hydrogen-bond acceptors (Lipinski definition) is 4. The van der Waals surface area contributed by atoms with Crippen LogP contribution in [0.1, 0.15) is 43.1 Å². The van der Waals surface area contributed by atoms with Crippen LogP contribution in [0.5, 0.6) is 5.75 Å². The Hall–Kier alpha value is -3.13. The summed E-state index contributed by atoms with van der Waals surface area (Å²) >= 11 is 0. The Balaban J connectivity index is 1.54. The molecule has 31 heavy (non-hydrogen) atoms. The number of imidazole rings is 1. The SMILES string of the molecule is COc1ccc(CC(NC(=O)NC2CCC(O)CC2)c2nc3ccccc3[nH]2)c(F)c1. The summed E-state index contributed by atoms with van der Waals surface area (Å²) in [5.41, 5.74) is 2.08. The van der Waals surface area contributed by atoms with Gasteiger partial charge >= 0.3 is 6.03 Å². The molecule has 164 valence electrons. The highest BCUT2D eigenvalue weighted by molar-refractivity contribution is 5.76. The van der Waals surface area contributed by atoms with Crippen molar-refractivity contribution in [2.24, 2.45) is 0 Å². The quantitative estimate of drug-likeness (QED) is 0.484. The minimum Gasteiger partial charge on any atom is -0.497 e. The topological polar surface area (TPSA) is 99.3 Å². The third-order valence-corrected chi connectivity index (χ3v) is 5.76. The lowest BCUT2D eigenvalue weighted by molar-refractivity contribution is 0.117. The van der Waals surface area contributed by atoms with Gasteiger partial charge in [-0.2, -0.15) is 0 Å². The fourth-order valence-electron chi connectivity index (χ4n) is 4.00. The van der Waals surface area contributed by atoms with E-state index in [4.69, 9.17) is 4.74 Å². The molecule has 0 bridgehead atoms. The van der Waals surface area contributed by atoms with E-state index in [-0.39, 0.29) is 24.6 Å². The maximum Gasteiger partial charge on any atom is 0.315 e. The summed E-state index contributed by atoms with van der Waals surface area (Å²) in [4.78, 5) is 20.6. The molecule has 1 fully saturated rings. The van der Waals surface area contributed by atoms with Crippen LogP contribution in [0.3, 0.4) is 0 Å². The molecule has 1 aliphatic rings. The normalized spacial score (nSPS) is 19.7. The molecule has 0 spiro atoms. The average molecular weight is 426 g/mol. The van der Waals surface area contributed by atoms with E-state index in [0.29, 0.717) is 30.0 Å². The molecule has 3 aromatic rings. The van der Waals surface area contributed by atoms with Gasteiger partial charge in [-0.15, -0.1) is 0 Å². The first-order chi connectivity index (χ1) is 15.0. The smallest absolute Gasteiger partial charge is 0.315 e. The molecule has 1 aliphatic carbocycles. The summed E-state index contributed by atoms with van der Waals surface area (Å²) in [6, 6.07) is 11.4. The number of carbonyl (C=O) groups excluding carboxylic acids is 1. The molecular formula is C23H27FN4O3. The highest BCUT2D eigenvalue weighted by Crippen LogP contribution is 2.24. The molecule has 2 amide bonds. The van der Waals surface area contributed by atoms with Gasteiger partial charge in [0.1, 0.15) is 17.4 Å². The predicted molar refractivity (Wildman–Crippen MR) is 115 cm³/mol. The zero-order valence-electron chi connectivity index (χ0n) is 17.4. The van der Waals surface area contributed by atoms with Crippen molar-refractivity contribution in [2.75, 3.05) is 7.11 Å². The molecule has 1 atom stereocenters. The van der Waals surface area contributed by atoms with Crippen LogP contribution >= 0.6 is 0 Å². The maximum atomic E-state index is 14.6. The lowest BCUT2D eigenvalue weighted by Gasteiger charge is -2.27. The number of methoxy groups -OCH3 is 1. The van der Waals surface area contributed by atoms with Gasteiger partial charge in [0.25, 0.3) is 0 Å². The molecule has 8 heteroatoms. The third kappa shape index (κ3) is 5.14. The second-order valence-corrected chi connectivity index (χ2v) is 7.98. The zero-order valence-corrected chi connectivity index (χ0v) is 17.4. The summed E-state index contributed by atoms with van der Waals surface area (Å²) in [5, 5.41) is 15.6. The van der Waals surface area contributed by atoms with Gasteiger partial charge in [-0.25, -0.2) is 14.2 Å². The summed E-state index contributed by atoms with van der Waals surface area (Å²) in [7, 11) is 1.49. The van der Waals surface area contributed by atoms with Crippen LogP contribution in [0.2, 0.25) is 0 Å². The molecule has 2 aromatic carbocycles. The number of ether oxygens (including phenoxy) is 1. The molecule has 0 radical (unpaired) electrons. The van der Waals surface area contributed by atoms with Crippen LogP contribution in [-0.2, 0) is 6.42 Å². The van der Waals surface area contributed by atoms with Gasteiger partial charge in [0.2, 0.25) is 0 Å². The van der Waals surface area contributed by atoms with E-state index in [1.165, 1.54) is 13.2 Å². The molecule has 1 aromatic heterocycles. The van der Waals surface area contributed by atoms with Crippen molar-refractivity contribution in [3.05, 3.63) is 59.7 Å². The lowest BCUT2D eigenvalue weighted by atomic mass is 9.93. The van der Waals surface area contributed by atoms with Crippen molar-refractivity contribution in [1.82, 2.24) is 20.6 Å². The number of hydrogen-bond donors (Lipinski definition) is 4. The minimum absolute atomic E-state index is 0.0115. The van der Waals surface area contributed by atoms with Crippen LogP contribution in [0.25, 0.3) is 11.0 Å². The summed E-state index contributed by atoms with van der Waals surface area (Å²) in [6.45, 7) is 0. The molecule has 0 aliphatic heterocycles. The highest BCUT2D eigenvalue weighted by atomic mass is 19.1. The number of urea groups is 1. The van der Waals surface area contributed by atoms with E-state index < -0.39 is 11.9 Å². The number of rotatable bonds is 6. The van der Waals surface area contributed by atoms with Crippen molar-refractivity contribution in [2.45, 2.75) is 50.3 Å². The van der Waals surface area contributed by atoms with Crippen LogP contribution in [-0.4, -0.2) is 40.4 Å². The van der Waals surface area contributed by atoms with Crippen LogP contribution in [0.15, 0.2) is 42.5 Å². The predicted octanol–water partition coefficient (Wildman–Crippen LogP) is 3.60. The number of aromatic amines is 1. The standard InChI is InChI=1S/C23H27FN4O3/c1-31-17-11-6-14(18(24)13-17)12-21(22-26-19-4-2-3-5-20(19)27-22)28-23(30)25-15-7-9-16(29)10-8-15/h2-6,11,13,15-16,21,29H,7-10,12H2,1H3,(H,26,27)(H2,25,28,30). The Morgan fingerprint density at radius 2 is 2.03 bits per heavy atom. The Kier molecular flexibility index (Phi) is 6.36. The molecule has 0 saturated heterocycles. The average Bonchev–Trinajstić information content (AvgIpc) is 3.20. The number of benzene rings is 2. The fourth-order valence-corrected chi connectivity index (χ4v) is 4.00. The number of aliphatic hydroxyl groups excluding tert-OH is 1. The number of nitrogens with one attached hydrogen (secondary N) is 3. The maximum absolute atomic E-state index is 14.6. The zero-order chi connectivity index (χ0) is 21.8. The number of H-pyrrole nitrogens is 1. The largest absolute Gasteiger partial charge is 0.497 e. The number of amides is 2.